The van der Waals surface area contributed by atoms with E-state index in [4.69, 9.17) is 9.97 Å². The van der Waals surface area contributed by atoms with E-state index in [9.17, 15) is 0 Å². The van der Waals surface area contributed by atoms with Crippen molar-refractivity contribution >= 4 is 26.7 Å². The van der Waals surface area contributed by atoms with E-state index >= 15 is 0 Å². The topological polar surface area (TPSA) is 25.8 Å². The van der Waals surface area contributed by atoms with E-state index in [0.29, 0.717) is 0 Å². The van der Waals surface area contributed by atoms with E-state index in [2.05, 4.69) is 37.3 Å². The Balaban J connectivity index is 1.33. The van der Waals surface area contributed by atoms with E-state index in [1.807, 2.05) is 0 Å². The van der Waals surface area contributed by atoms with E-state index in [-0.39, 0.29) is 15.8 Å². The fourth-order valence-electron chi connectivity index (χ4n) is 8.40. The Morgan fingerprint density at radius 2 is 0.897 bits per heavy atom. The first-order chi connectivity index (χ1) is 19.3. The molecule has 2 aromatic heterocycles. The van der Waals surface area contributed by atoms with Crippen molar-refractivity contribution in [3.05, 3.63) is 35.9 Å². The lowest BCUT2D eigenvalue weighted by molar-refractivity contribution is 0.486. The molecule has 212 valence electrons. The van der Waals surface area contributed by atoms with Crippen molar-refractivity contribution in [2.24, 2.45) is 0 Å². The summed E-state index contributed by atoms with van der Waals surface area (Å²) < 4.78 is 0. The quantitative estimate of drug-likeness (QED) is 0.314. The van der Waals surface area contributed by atoms with Gasteiger partial charge in [-0.2, -0.15) is 0 Å². The monoisotopic (exact) mass is 562 g/mol. The third kappa shape index (κ3) is 6.81. The fraction of sp³-hybridized carbons (Fsp3) is 0.714. The first kappa shape index (κ1) is 28.3. The zero-order valence-corrected chi connectivity index (χ0v) is 26.4. The Kier molecular flexibility index (Phi) is 10.1. The number of nitrogens with zero attached hydrogens (tertiary/aromatic N) is 2. The first-order valence-electron chi connectivity index (χ1n) is 16.8. The smallest absolute Gasteiger partial charge is 0.0923 e. The molecule has 4 saturated carbocycles. The number of aromatic nitrogens is 2. The van der Waals surface area contributed by atoms with Crippen LogP contribution in [0.25, 0.3) is 11.4 Å². The van der Waals surface area contributed by atoms with Gasteiger partial charge in [0.2, 0.25) is 0 Å². The predicted octanol–water partition coefficient (Wildman–Crippen LogP) is 10.00. The molecular formula is C35H52N2P2. The van der Waals surface area contributed by atoms with Gasteiger partial charge in [-0.3, -0.25) is 0 Å². The Labute approximate surface area is 241 Å². The molecule has 0 bridgehead atoms. The average Bonchev–Trinajstić information content (AvgIpc) is 3.01. The number of pyridine rings is 2. The Morgan fingerprint density at radius 1 is 0.487 bits per heavy atom. The van der Waals surface area contributed by atoms with Crippen LogP contribution in [0.1, 0.15) is 134 Å². The molecule has 4 heteroatoms. The summed E-state index contributed by atoms with van der Waals surface area (Å²) in [6, 6.07) is 11.9. The van der Waals surface area contributed by atoms with Crippen LogP contribution in [0.2, 0.25) is 0 Å². The molecule has 0 aliphatic heterocycles. The molecule has 6 rings (SSSR count). The minimum atomic E-state index is -0.187. The highest BCUT2D eigenvalue weighted by Gasteiger charge is 2.35. The summed E-state index contributed by atoms with van der Waals surface area (Å²) in [6.45, 7) is 2.27. The van der Waals surface area contributed by atoms with Gasteiger partial charge in [-0.25, -0.2) is 9.97 Å². The summed E-state index contributed by atoms with van der Waals surface area (Å²) in [5.74, 6) is 0. The van der Waals surface area contributed by atoms with Gasteiger partial charge in [0.15, 0.2) is 0 Å². The minimum absolute atomic E-state index is 0.184. The molecule has 0 aromatic carbocycles. The van der Waals surface area contributed by atoms with Crippen LogP contribution < -0.4 is 10.9 Å². The normalized spacial score (nSPS) is 23.1. The van der Waals surface area contributed by atoms with Crippen LogP contribution in [-0.4, -0.2) is 32.6 Å². The van der Waals surface area contributed by atoms with E-state index < -0.39 is 0 Å². The number of hydrogen-bond acceptors (Lipinski definition) is 2. The standard InChI is InChI=1S/C35H52N2P2/c1-27-25-26-34(39(30-19-10-4-11-20-30)31-21-12-5-13-22-31)37-35(27)32-23-14-24-33(36-32)38(28-15-6-2-7-16-28)29-17-8-3-9-18-29/h14,23-26,28-31H,2-13,15-22H2,1H3. The van der Waals surface area contributed by atoms with Gasteiger partial charge in [-0.05, 0) is 121 Å². The minimum Gasteiger partial charge on any atom is -0.246 e. The lowest BCUT2D eigenvalue weighted by Gasteiger charge is -2.38. The van der Waals surface area contributed by atoms with Crippen molar-refractivity contribution in [3.63, 3.8) is 0 Å². The maximum atomic E-state index is 5.59. The highest BCUT2D eigenvalue weighted by atomic mass is 31.1. The molecule has 4 fully saturated rings. The molecule has 0 amide bonds. The second-order valence-corrected chi connectivity index (χ2v) is 18.7. The molecule has 2 heterocycles. The van der Waals surface area contributed by atoms with Gasteiger partial charge in [0, 0.05) is 0 Å². The SMILES string of the molecule is Cc1ccc(P(C2CCCCC2)C2CCCCC2)nc1-c1cccc(P(C2CCCCC2)C2CCCCC2)n1. The second kappa shape index (κ2) is 13.9. The predicted molar refractivity (Wildman–Crippen MR) is 173 cm³/mol. The Morgan fingerprint density at radius 3 is 1.33 bits per heavy atom. The Bertz CT molecular complexity index is 1010. The van der Waals surface area contributed by atoms with Crippen LogP contribution in [-0.2, 0) is 0 Å². The summed E-state index contributed by atoms with van der Waals surface area (Å²) in [7, 11) is -0.370. The fourth-order valence-corrected chi connectivity index (χ4v) is 15.7. The van der Waals surface area contributed by atoms with Crippen LogP contribution >= 0.6 is 15.8 Å². The maximum Gasteiger partial charge on any atom is 0.0923 e. The lowest BCUT2D eigenvalue weighted by Crippen LogP contribution is -2.28. The molecule has 0 saturated heterocycles. The van der Waals surface area contributed by atoms with Gasteiger partial charge in [0.25, 0.3) is 0 Å². The number of hydrogen-bond donors (Lipinski definition) is 0. The molecule has 4 aliphatic carbocycles. The number of aryl methyl sites for hydroxylation is 1. The third-order valence-electron chi connectivity index (χ3n) is 10.5. The van der Waals surface area contributed by atoms with Crippen LogP contribution in [0.4, 0.5) is 0 Å². The summed E-state index contributed by atoms with van der Waals surface area (Å²) in [6.07, 6.45) is 28.8. The van der Waals surface area contributed by atoms with Crippen LogP contribution in [0.5, 0.6) is 0 Å². The van der Waals surface area contributed by atoms with E-state index in [0.717, 1.165) is 28.3 Å². The van der Waals surface area contributed by atoms with Crippen LogP contribution in [0, 0.1) is 6.92 Å². The highest BCUT2D eigenvalue weighted by molar-refractivity contribution is 7.67. The van der Waals surface area contributed by atoms with Gasteiger partial charge in [-0.15, -0.1) is 0 Å². The van der Waals surface area contributed by atoms with E-state index in [1.165, 1.54) is 151 Å². The third-order valence-corrected chi connectivity index (χ3v) is 17.2. The molecular weight excluding hydrogens is 510 g/mol. The van der Waals surface area contributed by atoms with E-state index in [1.54, 1.807) is 0 Å². The van der Waals surface area contributed by atoms with Gasteiger partial charge in [0.05, 0.1) is 22.3 Å². The summed E-state index contributed by atoms with van der Waals surface area (Å²) in [5.41, 5.74) is 10.1. The van der Waals surface area contributed by atoms with Gasteiger partial charge in [-0.1, -0.05) is 89.2 Å². The Hall–Kier alpha value is -0.840. The van der Waals surface area contributed by atoms with Gasteiger partial charge < -0.3 is 0 Å². The molecule has 0 radical (unpaired) electrons. The molecule has 0 spiro atoms. The van der Waals surface area contributed by atoms with Crippen molar-refractivity contribution < 1.29 is 0 Å². The van der Waals surface area contributed by atoms with Crippen molar-refractivity contribution in [1.29, 1.82) is 0 Å². The molecule has 2 aromatic rings. The molecule has 0 N–H and O–H groups in total. The molecule has 4 aliphatic rings. The number of rotatable bonds is 7. The molecule has 0 unspecified atom stereocenters. The largest absolute Gasteiger partial charge is 0.246 e. The molecule has 39 heavy (non-hydrogen) atoms. The summed E-state index contributed by atoms with van der Waals surface area (Å²) in [4.78, 5) is 11.1. The lowest BCUT2D eigenvalue weighted by atomic mass is 9.99. The second-order valence-electron chi connectivity index (χ2n) is 13.2. The first-order valence-corrected chi connectivity index (χ1v) is 19.8. The molecule has 0 atom stereocenters. The zero-order chi connectivity index (χ0) is 26.4. The average molecular weight is 563 g/mol. The summed E-state index contributed by atoms with van der Waals surface area (Å²) >= 11 is 0. The van der Waals surface area contributed by atoms with Crippen molar-refractivity contribution in [2.75, 3.05) is 0 Å². The molecule has 2 nitrogen and oxygen atoms in total. The van der Waals surface area contributed by atoms with Crippen molar-refractivity contribution in [1.82, 2.24) is 9.97 Å². The van der Waals surface area contributed by atoms with Crippen LogP contribution in [0.3, 0.4) is 0 Å². The van der Waals surface area contributed by atoms with Crippen molar-refractivity contribution in [3.8, 4) is 11.4 Å². The van der Waals surface area contributed by atoms with Gasteiger partial charge in [0.1, 0.15) is 0 Å². The van der Waals surface area contributed by atoms with Crippen LogP contribution in [0.15, 0.2) is 30.3 Å². The van der Waals surface area contributed by atoms with Gasteiger partial charge >= 0.3 is 0 Å². The van der Waals surface area contributed by atoms with Crippen molar-refractivity contribution in [2.45, 2.75) is 158 Å². The highest BCUT2D eigenvalue weighted by Crippen LogP contribution is 2.56. The zero-order valence-electron chi connectivity index (χ0n) is 24.6. The summed E-state index contributed by atoms with van der Waals surface area (Å²) in [5, 5.41) is 0. The maximum absolute atomic E-state index is 5.59.